The quantitative estimate of drug-likeness (QED) is 0.900. The zero-order valence-electron chi connectivity index (χ0n) is 14.5. The maximum Gasteiger partial charge on any atom is 0.220 e. The lowest BCUT2D eigenvalue weighted by Crippen LogP contribution is -2.33. The average Bonchev–Trinajstić information content (AvgIpc) is 2.60. The minimum atomic E-state index is 0.110. The SMILES string of the molecule is CC(C)[C@H]1C[C@H](CC(=O)NCc2ccc3c(c2)OCCO3)CCO1. The maximum absolute atomic E-state index is 12.2. The topological polar surface area (TPSA) is 56.8 Å². The van der Waals surface area contributed by atoms with Gasteiger partial charge in [-0.3, -0.25) is 4.79 Å². The highest BCUT2D eigenvalue weighted by atomic mass is 16.6. The van der Waals surface area contributed by atoms with Crippen molar-refractivity contribution in [2.75, 3.05) is 19.8 Å². The van der Waals surface area contributed by atoms with Gasteiger partial charge in [0.15, 0.2) is 11.5 Å². The van der Waals surface area contributed by atoms with Crippen molar-refractivity contribution < 1.29 is 19.0 Å². The minimum Gasteiger partial charge on any atom is -0.486 e. The average molecular weight is 333 g/mol. The van der Waals surface area contributed by atoms with E-state index in [9.17, 15) is 4.79 Å². The summed E-state index contributed by atoms with van der Waals surface area (Å²) in [5, 5.41) is 3.02. The van der Waals surface area contributed by atoms with Crippen LogP contribution < -0.4 is 14.8 Å². The third kappa shape index (κ3) is 4.41. The van der Waals surface area contributed by atoms with Gasteiger partial charge in [0.25, 0.3) is 0 Å². The summed E-state index contributed by atoms with van der Waals surface area (Å²) in [7, 11) is 0. The second-order valence-corrected chi connectivity index (χ2v) is 7.00. The Balaban J connectivity index is 1.47. The number of amides is 1. The molecule has 5 heteroatoms. The van der Waals surface area contributed by atoms with E-state index in [1.165, 1.54) is 0 Å². The molecule has 0 aliphatic carbocycles. The van der Waals surface area contributed by atoms with Crippen LogP contribution in [0.2, 0.25) is 0 Å². The molecule has 1 N–H and O–H groups in total. The molecule has 0 saturated carbocycles. The second kappa shape index (κ2) is 7.88. The Morgan fingerprint density at radius 2 is 2.00 bits per heavy atom. The molecule has 132 valence electrons. The highest BCUT2D eigenvalue weighted by Crippen LogP contribution is 2.31. The number of fused-ring (bicyclic) bond motifs is 1. The van der Waals surface area contributed by atoms with Gasteiger partial charge in [-0.1, -0.05) is 19.9 Å². The van der Waals surface area contributed by atoms with E-state index in [1.807, 2.05) is 18.2 Å². The fourth-order valence-electron chi connectivity index (χ4n) is 3.28. The summed E-state index contributed by atoms with van der Waals surface area (Å²) in [6.45, 7) is 6.80. The number of benzene rings is 1. The number of rotatable bonds is 5. The monoisotopic (exact) mass is 333 g/mol. The summed E-state index contributed by atoms with van der Waals surface area (Å²) < 4.78 is 16.9. The van der Waals surface area contributed by atoms with E-state index in [0.29, 0.717) is 38.0 Å². The van der Waals surface area contributed by atoms with Crippen LogP contribution in [0.4, 0.5) is 0 Å². The van der Waals surface area contributed by atoms with Gasteiger partial charge >= 0.3 is 0 Å². The fourth-order valence-corrected chi connectivity index (χ4v) is 3.28. The molecule has 0 aromatic heterocycles. The van der Waals surface area contributed by atoms with Crippen LogP contribution in [0.5, 0.6) is 11.5 Å². The molecule has 0 unspecified atom stereocenters. The standard InChI is InChI=1S/C19H27NO4/c1-13(2)17-9-14(5-6-22-17)11-19(21)20-12-15-3-4-16-18(10-15)24-8-7-23-16/h3-4,10,13-14,17H,5-9,11-12H2,1-2H3,(H,20,21)/t14-,17-/m1/s1. The lowest BCUT2D eigenvalue weighted by atomic mass is 9.88. The number of carbonyl (C=O) groups excluding carboxylic acids is 1. The van der Waals surface area contributed by atoms with Crippen LogP contribution in [-0.2, 0) is 16.1 Å². The van der Waals surface area contributed by atoms with E-state index in [0.717, 1.165) is 36.5 Å². The maximum atomic E-state index is 12.2. The molecule has 1 fully saturated rings. The second-order valence-electron chi connectivity index (χ2n) is 7.00. The summed E-state index contributed by atoms with van der Waals surface area (Å²) >= 11 is 0. The largest absolute Gasteiger partial charge is 0.486 e. The van der Waals surface area contributed by atoms with E-state index in [2.05, 4.69) is 19.2 Å². The summed E-state index contributed by atoms with van der Waals surface area (Å²) in [5.41, 5.74) is 1.03. The van der Waals surface area contributed by atoms with Gasteiger partial charge in [0, 0.05) is 19.6 Å². The molecule has 3 rings (SSSR count). The van der Waals surface area contributed by atoms with Gasteiger partial charge in [-0.25, -0.2) is 0 Å². The summed E-state index contributed by atoms with van der Waals surface area (Å²) in [6.07, 6.45) is 2.82. The molecule has 0 bridgehead atoms. The predicted octanol–water partition coefficient (Wildman–Crippen LogP) is 2.92. The summed E-state index contributed by atoms with van der Waals surface area (Å²) in [4.78, 5) is 12.2. The molecule has 24 heavy (non-hydrogen) atoms. The Morgan fingerprint density at radius 1 is 1.21 bits per heavy atom. The molecule has 5 nitrogen and oxygen atoms in total. The zero-order valence-corrected chi connectivity index (χ0v) is 14.5. The summed E-state index contributed by atoms with van der Waals surface area (Å²) in [5.74, 6) is 2.58. The van der Waals surface area contributed by atoms with E-state index >= 15 is 0 Å². The lowest BCUT2D eigenvalue weighted by Gasteiger charge is -2.31. The Hall–Kier alpha value is -1.75. The van der Waals surface area contributed by atoms with Gasteiger partial charge in [0.05, 0.1) is 6.10 Å². The molecular formula is C19H27NO4. The van der Waals surface area contributed by atoms with Gasteiger partial charge < -0.3 is 19.5 Å². The van der Waals surface area contributed by atoms with Crippen molar-refractivity contribution >= 4 is 5.91 Å². The van der Waals surface area contributed by atoms with Crippen molar-refractivity contribution in [1.29, 1.82) is 0 Å². The lowest BCUT2D eigenvalue weighted by molar-refractivity contribution is -0.123. The normalized spacial score (nSPS) is 23.1. The number of nitrogens with one attached hydrogen (secondary N) is 1. The van der Waals surface area contributed by atoms with Crippen molar-refractivity contribution in [1.82, 2.24) is 5.32 Å². The number of hydrogen-bond donors (Lipinski definition) is 1. The van der Waals surface area contributed by atoms with Crippen LogP contribution in [0.3, 0.4) is 0 Å². The van der Waals surface area contributed by atoms with E-state index in [4.69, 9.17) is 14.2 Å². The molecule has 1 saturated heterocycles. The molecule has 2 aliphatic heterocycles. The Labute approximate surface area is 143 Å². The van der Waals surface area contributed by atoms with E-state index in [1.54, 1.807) is 0 Å². The van der Waals surface area contributed by atoms with Crippen LogP contribution in [0.15, 0.2) is 18.2 Å². The molecule has 1 aromatic carbocycles. The third-order valence-corrected chi connectivity index (χ3v) is 4.74. The Morgan fingerprint density at radius 3 is 2.79 bits per heavy atom. The van der Waals surface area contributed by atoms with Crippen molar-refractivity contribution in [3.63, 3.8) is 0 Å². The molecule has 0 spiro atoms. The zero-order chi connectivity index (χ0) is 16.9. The number of ether oxygens (including phenoxy) is 3. The molecule has 0 radical (unpaired) electrons. The van der Waals surface area contributed by atoms with E-state index < -0.39 is 0 Å². The third-order valence-electron chi connectivity index (χ3n) is 4.74. The molecule has 2 aliphatic rings. The van der Waals surface area contributed by atoms with Gasteiger partial charge in [0.2, 0.25) is 5.91 Å². The smallest absolute Gasteiger partial charge is 0.220 e. The van der Waals surface area contributed by atoms with Gasteiger partial charge in [0.1, 0.15) is 13.2 Å². The first-order chi connectivity index (χ1) is 11.6. The van der Waals surface area contributed by atoms with Crippen molar-refractivity contribution in [3.05, 3.63) is 23.8 Å². The Kier molecular flexibility index (Phi) is 5.61. The summed E-state index contributed by atoms with van der Waals surface area (Å²) in [6, 6.07) is 5.82. The minimum absolute atomic E-state index is 0.110. The Bertz CT molecular complexity index is 572. The van der Waals surface area contributed by atoms with E-state index in [-0.39, 0.29) is 12.0 Å². The molecule has 2 atom stereocenters. The van der Waals surface area contributed by atoms with Gasteiger partial charge in [-0.15, -0.1) is 0 Å². The number of carbonyl (C=O) groups is 1. The van der Waals surface area contributed by atoms with Crippen molar-refractivity contribution in [2.45, 2.75) is 45.8 Å². The first-order valence-corrected chi connectivity index (χ1v) is 8.88. The van der Waals surface area contributed by atoms with Crippen molar-refractivity contribution in [2.24, 2.45) is 11.8 Å². The fraction of sp³-hybridized carbons (Fsp3) is 0.632. The van der Waals surface area contributed by atoms with Crippen LogP contribution in [-0.4, -0.2) is 31.8 Å². The first-order valence-electron chi connectivity index (χ1n) is 8.88. The molecule has 1 aromatic rings. The first kappa shape index (κ1) is 17.1. The van der Waals surface area contributed by atoms with Crippen LogP contribution in [0.1, 0.15) is 38.7 Å². The predicted molar refractivity (Wildman–Crippen MR) is 91.2 cm³/mol. The molecular weight excluding hydrogens is 306 g/mol. The highest BCUT2D eigenvalue weighted by molar-refractivity contribution is 5.76. The molecule has 2 heterocycles. The van der Waals surface area contributed by atoms with Crippen LogP contribution in [0.25, 0.3) is 0 Å². The van der Waals surface area contributed by atoms with Gasteiger partial charge in [-0.05, 0) is 42.4 Å². The molecule has 1 amide bonds. The van der Waals surface area contributed by atoms with Crippen LogP contribution in [0, 0.1) is 11.8 Å². The number of hydrogen-bond acceptors (Lipinski definition) is 4. The highest BCUT2D eigenvalue weighted by Gasteiger charge is 2.26. The van der Waals surface area contributed by atoms with Crippen LogP contribution >= 0.6 is 0 Å². The van der Waals surface area contributed by atoms with Crippen molar-refractivity contribution in [3.8, 4) is 11.5 Å². The van der Waals surface area contributed by atoms with Gasteiger partial charge in [-0.2, -0.15) is 0 Å².